The Hall–Kier alpha value is -3.27. The van der Waals surface area contributed by atoms with Crippen molar-refractivity contribution in [3.8, 4) is 11.5 Å². The van der Waals surface area contributed by atoms with Crippen LogP contribution in [-0.4, -0.2) is 24.2 Å². The third-order valence-corrected chi connectivity index (χ3v) is 5.88. The summed E-state index contributed by atoms with van der Waals surface area (Å²) in [4.78, 5) is 23.4. The second kappa shape index (κ2) is 18.3. The van der Waals surface area contributed by atoms with Crippen LogP contribution in [0, 0.1) is 0 Å². The fourth-order valence-corrected chi connectivity index (χ4v) is 4.00. The molecule has 4 aromatic rings. The molecular formula is C28H18Cl5FeN4O4. The summed E-state index contributed by atoms with van der Waals surface area (Å²) < 4.78 is 0. The molecule has 0 heterocycles. The summed E-state index contributed by atoms with van der Waals surface area (Å²) in [6.07, 6.45) is 2.42. The molecule has 14 heteroatoms. The van der Waals surface area contributed by atoms with Gasteiger partial charge in [0.25, 0.3) is 11.8 Å². The number of halogens is 5. The standard InChI is InChI=1S/2C14H10Cl2N2O2.ClH.Fe/c2*15-11-6-10(13(19)12(16)7-11)8-17-18-14(20)9-4-2-1-3-5-9;;/h2*1-8,19H,(H,18,20);1H;/q;;;+3/p-3/b2*17-8+;;. The molecule has 0 aromatic heterocycles. The number of nitrogens with zero attached hydrogens (tertiary/aromatic N) is 2. The van der Waals surface area contributed by atoms with Gasteiger partial charge in [0.2, 0.25) is 0 Å². The quantitative estimate of drug-likeness (QED) is 0.182. The van der Waals surface area contributed by atoms with Crippen LogP contribution in [0.4, 0.5) is 0 Å². The second-order valence-electron chi connectivity index (χ2n) is 7.74. The van der Waals surface area contributed by atoms with Gasteiger partial charge in [0.15, 0.2) is 0 Å². The number of amides is 2. The van der Waals surface area contributed by atoms with Crippen LogP contribution in [0.25, 0.3) is 0 Å². The Labute approximate surface area is 278 Å². The number of carbonyl (C=O) groups is 2. The van der Waals surface area contributed by atoms with Gasteiger partial charge in [-0.05, 0) is 59.7 Å². The fraction of sp³-hybridized carbons (Fsp3) is 0. The van der Waals surface area contributed by atoms with Crippen molar-refractivity contribution in [2.45, 2.75) is 0 Å². The molecule has 4 aromatic carbocycles. The number of hydrazone groups is 2. The fourth-order valence-electron chi connectivity index (χ4n) is 2.98. The molecule has 8 nitrogen and oxygen atoms in total. The summed E-state index contributed by atoms with van der Waals surface area (Å²) in [5, 5.41) is 31.4. The molecule has 217 valence electrons. The van der Waals surface area contributed by atoms with Crippen molar-refractivity contribution in [3.05, 3.63) is 127 Å². The first-order chi connectivity index (χ1) is 19.2. The maximum atomic E-state index is 11.7. The van der Waals surface area contributed by atoms with E-state index in [1.165, 1.54) is 36.7 Å². The number of benzene rings is 4. The molecule has 2 amide bonds. The van der Waals surface area contributed by atoms with Gasteiger partial charge in [-0.15, -0.1) is 0 Å². The minimum Gasteiger partial charge on any atom is -1.00 e. The molecule has 0 unspecified atom stereocenters. The summed E-state index contributed by atoms with van der Waals surface area (Å²) in [5.41, 5.74) is 5.98. The first kappa shape index (κ1) is 36.8. The van der Waals surface area contributed by atoms with E-state index in [4.69, 9.17) is 46.4 Å². The molecule has 42 heavy (non-hydrogen) atoms. The first-order valence-corrected chi connectivity index (χ1v) is 12.8. The van der Waals surface area contributed by atoms with Crippen LogP contribution in [0.15, 0.2) is 95.1 Å². The van der Waals surface area contributed by atoms with E-state index in [2.05, 4.69) is 21.1 Å². The van der Waals surface area contributed by atoms with Crippen LogP contribution in [0.5, 0.6) is 11.5 Å². The average molecular weight is 708 g/mol. The molecular weight excluding hydrogens is 689 g/mol. The van der Waals surface area contributed by atoms with Crippen molar-refractivity contribution in [1.29, 1.82) is 0 Å². The van der Waals surface area contributed by atoms with Gasteiger partial charge in [-0.1, -0.05) is 94.3 Å². The molecule has 0 saturated heterocycles. The molecule has 1 radical (unpaired) electrons. The predicted molar refractivity (Wildman–Crippen MR) is 155 cm³/mol. The number of hydrogen-bond donors (Lipinski definition) is 2. The van der Waals surface area contributed by atoms with E-state index in [1.807, 2.05) is 0 Å². The Balaban J connectivity index is 0.000000401. The van der Waals surface area contributed by atoms with E-state index < -0.39 is 11.5 Å². The van der Waals surface area contributed by atoms with Crippen LogP contribution in [0.1, 0.15) is 31.8 Å². The number of carbonyl (C=O) groups excluding carboxylic acids is 2. The number of rotatable bonds is 6. The van der Waals surface area contributed by atoms with Gasteiger partial charge in [0, 0.05) is 31.2 Å². The van der Waals surface area contributed by atoms with E-state index >= 15 is 0 Å². The van der Waals surface area contributed by atoms with Crippen molar-refractivity contribution < 1.29 is 49.3 Å². The van der Waals surface area contributed by atoms with Crippen LogP contribution >= 0.6 is 46.4 Å². The molecule has 0 aliphatic rings. The van der Waals surface area contributed by atoms with E-state index in [0.29, 0.717) is 21.2 Å². The van der Waals surface area contributed by atoms with Crippen molar-refractivity contribution >= 4 is 70.6 Å². The number of nitrogens with one attached hydrogen (secondary N) is 2. The summed E-state index contributed by atoms with van der Waals surface area (Å²) in [7, 11) is 0. The maximum Gasteiger partial charge on any atom is 3.00 e. The zero-order valence-corrected chi connectivity index (χ0v) is 25.9. The van der Waals surface area contributed by atoms with Crippen LogP contribution in [-0.2, 0) is 17.1 Å². The first-order valence-electron chi connectivity index (χ1n) is 11.2. The van der Waals surface area contributed by atoms with Gasteiger partial charge in [0.1, 0.15) is 0 Å². The van der Waals surface area contributed by atoms with Gasteiger partial charge >= 0.3 is 17.1 Å². The Morgan fingerprint density at radius 3 is 1.29 bits per heavy atom. The van der Waals surface area contributed by atoms with Gasteiger partial charge < -0.3 is 22.6 Å². The number of hydrogen-bond acceptors (Lipinski definition) is 6. The molecule has 0 spiro atoms. The monoisotopic (exact) mass is 705 g/mol. The molecule has 0 atom stereocenters. The smallest absolute Gasteiger partial charge is 1.00 e. The molecule has 0 bridgehead atoms. The Bertz CT molecular complexity index is 1440. The van der Waals surface area contributed by atoms with E-state index in [9.17, 15) is 19.8 Å². The topological polar surface area (TPSA) is 129 Å². The van der Waals surface area contributed by atoms with Crippen molar-refractivity contribution in [3.63, 3.8) is 0 Å². The van der Waals surface area contributed by atoms with Crippen molar-refractivity contribution in [2.24, 2.45) is 10.2 Å². The second-order valence-corrected chi connectivity index (χ2v) is 9.43. The van der Waals surface area contributed by atoms with E-state index in [0.717, 1.165) is 0 Å². The minimum atomic E-state index is -0.395. The summed E-state index contributed by atoms with van der Waals surface area (Å²) >= 11 is 23.0. The average Bonchev–Trinajstić information content (AvgIpc) is 2.95. The van der Waals surface area contributed by atoms with E-state index in [-0.39, 0.29) is 62.5 Å². The van der Waals surface area contributed by atoms with Crippen LogP contribution < -0.4 is 33.5 Å². The molecule has 0 aliphatic carbocycles. The molecule has 2 N–H and O–H groups in total. The Morgan fingerprint density at radius 2 is 0.952 bits per heavy atom. The minimum absolute atomic E-state index is 0. The van der Waals surface area contributed by atoms with Gasteiger partial charge in [-0.3, -0.25) is 9.59 Å². The molecule has 0 aliphatic heterocycles. The van der Waals surface area contributed by atoms with E-state index in [1.54, 1.807) is 60.7 Å². The Morgan fingerprint density at radius 1 is 0.619 bits per heavy atom. The summed E-state index contributed by atoms with van der Waals surface area (Å²) in [6, 6.07) is 22.7. The zero-order chi connectivity index (χ0) is 29.1. The summed E-state index contributed by atoms with van der Waals surface area (Å²) in [5.74, 6) is -1.53. The molecule has 0 saturated carbocycles. The zero-order valence-electron chi connectivity index (χ0n) is 21.0. The molecule has 4 rings (SSSR count). The van der Waals surface area contributed by atoms with Gasteiger partial charge in [0.05, 0.1) is 12.4 Å². The Kier molecular flexibility index (Phi) is 16.0. The van der Waals surface area contributed by atoms with Crippen molar-refractivity contribution in [1.82, 2.24) is 10.9 Å². The SMILES string of the molecule is O=C(N/N=C/c1cc(Cl)cc(Cl)c1[O-])c1ccccc1.O=C(N/N=C/c1cc(Cl)cc(Cl)c1[O-])c1ccccc1.[Cl-].[Fe+3]. The summed E-state index contributed by atoms with van der Waals surface area (Å²) in [6.45, 7) is 0. The van der Waals surface area contributed by atoms with Gasteiger partial charge in [-0.2, -0.15) is 10.2 Å². The molecule has 0 fully saturated rings. The predicted octanol–water partition coefficient (Wildman–Crippen LogP) is 2.66. The third-order valence-electron chi connectivity index (χ3n) is 4.89. The van der Waals surface area contributed by atoms with Crippen LogP contribution in [0.2, 0.25) is 20.1 Å². The normalized spacial score (nSPS) is 10.2. The van der Waals surface area contributed by atoms with Gasteiger partial charge in [-0.25, -0.2) is 10.9 Å². The third kappa shape index (κ3) is 11.2. The maximum absolute atomic E-state index is 11.7. The largest absolute Gasteiger partial charge is 3.00 e. The van der Waals surface area contributed by atoms with Crippen LogP contribution in [0.3, 0.4) is 0 Å². The van der Waals surface area contributed by atoms with Crippen molar-refractivity contribution in [2.75, 3.05) is 0 Å².